The van der Waals surface area contributed by atoms with Gasteiger partial charge in [-0.2, -0.15) is 0 Å². The summed E-state index contributed by atoms with van der Waals surface area (Å²) in [5.74, 6) is 0.890. The molecule has 1 atom stereocenters. The van der Waals surface area contributed by atoms with Crippen LogP contribution in [0.5, 0.6) is 5.75 Å². The van der Waals surface area contributed by atoms with Gasteiger partial charge in [0.2, 0.25) is 0 Å². The number of methoxy groups -OCH3 is 1. The molecular weight excluding hydrogens is 214 g/mol. The van der Waals surface area contributed by atoms with E-state index in [2.05, 4.69) is 11.0 Å². The van der Waals surface area contributed by atoms with Crippen LogP contribution < -0.4 is 4.74 Å². The van der Waals surface area contributed by atoms with Crippen molar-refractivity contribution in [1.82, 2.24) is 4.90 Å². The van der Waals surface area contributed by atoms with E-state index in [0.29, 0.717) is 6.54 Å². The average Bonchev–Trinajstić information content (AvgIpc) is 2.62. The smallest absolute Gasteiger partial charge is 0.122 e. The highest BCUT2D eigenvalue weighted by molar-refractivity contribution is 5.44. The van der Waals surface area contributed by atoms with Crippen molar-refractivity contribution in [3.8, 4) is 5.75 Å². The summed E-state index contributed by atoms with van der Waals surface area (Å²) in [7, 11) is 3.73. The van der Waals surface area contributed by atoms with E-state index in [1.807, 2.05) is 27.0 Å². The Morgan fingerprint density at radius 2 is 2.00 bits per heavy atom. The van der Waals surface area contributed by atoms with Crippen LogP contribution in [0.3, 0.4) is 0 Å². The molecule has 1 unspecified atom stereocenters. The molecule has 0 bridgehead atoms. The third-order valence-electron chi connectivity index (χ3n) is 3.68. The second-order valence-electron chi connectivity index (χ2n) is 5.16. The highest BCUT2D eigenvalue weighted by Gasteiger charge is 2.37. The van der Waals surface area contributed by atoms with Crippen molar-refractivity contribution in [3.05, 3.63) is 28.8 Å². The van der Waals surface area contributed by atoms with E-state index in [-0.39, 0.29) is 0 Å². The Hall–Kier alpha value is -1.06. The molecule has 94 valence electrons. The molecule has 0 amide bonds. The number of rotatable bonds is 2. The number of hydrogen-bond acceptors (Lipinski definition) is 3. The van der Waals surface area contributed by atoms with Gasteiger partial charge in [-0.1, -0.05) is 0 Å². The lowest BCUT2D eigenvalue weighted by atomic mass is 9.88. The first-order valence-corrected chi connectivity index (χ1v) is 6.03. The lowest BCUT2D eigenvalue weighted by Crippen LogP contribution is -2.30. The largest absolute Gasteiger partial charge is 0.496 e. The summed E-state index contributed by atoms with van der Waals surface area (Å²) >= 11 is 0. The zero-order valence-corrected chi connectivity index (χ0v) is 11.1. The van der Waals surface area contributed by atoms with Gasteiger partial charge in [-0.25, -0.2) is 0 Å². The summed E-state index contributed by atoms with van der Waals surface area (Å²) in [6.07, 6.45) is 0.802. The molecule has 0 spiro atoms. The third kappa shape index (κ3) is 2.17. The molecule has 1 fully saturated rings. The fraction of sp³-hybridized carbons (Fsp3) is 0.571. The maximum absolute atomic E-state index is 10.7. The molecule has 1 aliphatic rings. The van der Waals surface area contributed by atoms with Crippen LogP contribution in [0.15, 0.2) is 12.1 Å². The van der Waals surface area contributed by atoms with E-state index < -0.39 is 5.60 Å². The van der Waals surface area contributed by atoms with Crippen molar-refractivity contribution >= 4 is 0 Å². The van der Waals surface area contributed by atoms with Gasteiger partial charge in [-0.15, -0.1) is 0 Å². The Morgan fingerprint density at radius 1 is 1.29 bits per heavy atom. The SMILES string of the molecule is COc1cc(C)c(C2(O)CCN(C)C2)cc1C. The Labute approximate surface area is 103 Å². The van der Waals surface area contributed by atoms with Gasteiger partial charge in [-0.05, 0) is 56.1 Å². The van der Waals surface area contributed by atoms with E-state index in [9.17, 15) is 5.11 Å². The summed E-state index contributed by atoms with van der Waals surface area (Å²) in [4.78, 5) is 2.17. The highest BCUT2D eigenvalue weighted by Crippen LogP contribution is 2.35. The van der Waals surface area contributed by atoms with Crippen molar-refractivity contribution in [2.24, 2.45) is 0 Å². The second kappa shape index (κ2) is 4.31. The van der Waals surface area contributed by atoms with Crippen LogP contribution in [0.1, 0.15) is 23.1 Å². The van der Waals surface area contributed by atoms with Crippen molar-refractivity contribution in [1.29, 1.82) is 0 Å². The molecule has 0 aliphatic carbocycles. The fourth-order valence-corrected chi connectivity index (χ4v) is 2.71. The summed E-state index contributed by atoms with van der Waals surface area (Å²) in [6, 6.07) is 4.08. The molecule has 3 heteroatoms. The molecule has 17 heavy (non-hydrogen) atoms. The summed E-state index contributed by atoms with van der Waals surface area (Å²) in [6.45, 7) is 5.71. The van der Waals surface area contributed by atoms with E-state index >= 15 is 0 Å². The monoisotopic (exact) mass is 235 g/mol. The Bertz CT molecular complexity index is 430. The number of aliphatic hydroxyl groups is 1. The zero-order valence-electron chi connectivity index (χ0n) is 11.1. The van der Waals surface area contributed by atoms with Gasteiger partial charge in [0.15, 0.2) is 0 Å². The predicted molar refractivity (Wildman–Crippen MR) is 68.5 cm³/mol. The highest BCUT2D eigenvalue weighted by atomic mass is 16.5. The lowest BCUT2D eigenvalue weighted by Gasteiger charge is -2.26. The van der Waals surface area contributed by atoms with Crippen molar-refractivity contribution in [2.75, 3.05) is 27.2 Å². The third-order valence-corrected chi connectivity index (χ3v) is 3.68. The summed E-state index contributed by atoms with van der Waals surface area (Å²) in [5, 5.41) is 10.7. The lowest BCUT2D eigenvalue weighted by molar-refractivity contribution is 0.0481. The standard InChI is InChI=1S/C14H21NO2/c1-10-8-13(17-4)11(2)7-12(10)14(16)5-6-15(3)9-14/h7-8,16H,5-6,9H2,1-4H3. The molecule has 3 nitrogen and oxygen atoms in total. The van der Waals surface area contributed by atoms with Crippen LogP contribution >= 0.6 is 0 Å². The Kier molecular flexibility index (Phi) is 3.15. The second-order valence-corrected chi connectivity index (χ2v) is 5.16. The van der Waals surface area contributed by atoms with Gasteiger partial charge >= 0.3 is 0 Å². The van der Waals surface area contributed by atoms with Crippen LogP contribution in [-0.4, -0.2) is 37.3 Å². The molecule has 1 N–H and O–H groups in total. The first-order valence-electron chi connectivity index (χ1n) is 6.03. The number of aryl methyl sites for hydroxylation is 2. The minimum absolute atomic E-state index is 0.699. The topological polar surface area (TPSA) is 32.7 Å². The quantitative estimate of drug-likeness (QED) is 0.849. The Balaban J connectivity index is 2.42. The van der Waals surface area contributed by atoms with Gasteiger partial charge in [0.25, 0.3) is 0 Å². The molecular formula is C14H21NO2. The molecule has 2 rings (SSSR count). The van der Waals surface area contributed by atoms with Gasteiger partial charge in [-0.3, -0.25) is 0 Å². The normalized spacial score (nSPS) is 25.2. The molecule has 1 heterocycles. The predicted octanol–water partition coefficient (Wildman–Crippen LogP) is 1.84. The number of nitrogens with zero attached hydrogens (tertiary/aromatic N) is 1. The number of likely N-dealkylation sites (N-methyl/N-ethyl adjacent to an activating group) is 1. The van der Waals surface area contributed by atoms with Crippen molar-refractivity contribution < 1.29 is 9.84 Å². The van der Waals surface area contributed by atoms with E-state index in [4.69, 9.17) is 4.74 Å². The molecule has 0 aromatic heterocycles. The number of ether oxygens (including phenoxy) is 1. The van der Waals surface area contributed by atoms with Crippen molar-refractivity contribution in [2.45, 2.75) is 25.9 Å². The van der Waals surface area contributed by atoms with E-state index in [1.54, 1.807) is 7.11 Å². The first kappa shape index (κ1) is 12.4. The van der Waals surface area contributed by atoms with Gasteiger partial charge in [0, 0.05) is 13.1 Å². The van der Waals surface area contributed by atoms with Crippen LogP contribution in [-0.2, 0) is 5.60 Å². The van der Waals surface area contributed by atoms with Gasteiger partial charge in [0.1, 0.15) is 11.4 Å². The average molecular weight is 235 g/mol. The number of likely N-dealkylation sites (tertiary alicyclic amines) is 1. The van der Waals surface area contributed by atoms with Gasteiger partial charge < -0.3 is 14.7 Å². The van der Waals surface area contributed by atoms with E-state index in [1.165, 1.54) is 0 Å². The van der Waals surface area contributed by atoms with Crippen molar-refractivity contribution in [3.63, 3.8) is 0 Å². The van der Waals surface area contributed by atoms with E-state index in [0.717, 1.165) is 35.4 Å². The minimum atomic E-state index is -0.699. The van der Waals surface area contributed by atoms with Crippen LogP contribution in [0.25, 0.3) is 0 Å². The van der Waals surface area contributed by atoms with Crippen LogP contribution in [0.4, 0.5) is 0 Å². The molecule has 0 radical (unpaired) electrons. The van der Waals surface area contributed by atoms with Gasteiger partial charge in [0.05, 0.1) is 7.11 Å². The maximum atomic E-state index is 10.7. The molecule has 1 aromatic rings. The maximum Gasteiger partial charge on any atom is 0.122 e. The zero-order chi connectivity index (χ0) is 12.6. The number of hydrogen-bond donors (Lipinski definition) is 1. The van der Waals surface area contributed by atoms with Crippen LogP contribution in [0.2, 0.25) is 0 Å². The Morgan fingerprint density at radius 3 is 2.53 bits per heavy atom. The molecule has 1 aliphatic heterocycles. The number of β-amino-alcohol motifs (C(OH)–C–C–N with tert-alkyl or cyclic N) is 1. The first-order chi connectivity index (χ1) is 7.96. The minimum Gasteiger partial charge on any atom is -0.496 e. The van der Waals surface area contributed by atoms with Crippen LogP contribution in [0, 0.1) is 13.8 Å². The fourth-order valence-electron chi connectivity index (χ4n) is 2.71. The molecule has 1 aromatic carbocycles. The molecule has 0 saturated carbocycles. The summed E-state index contributed by atoms with van der Waals surface area (Å²) in [5.41, 5.74) is 2.53. The number of benzene rings is 1. The summed E-state index contributed by atoms with van der Waals surface area (Å²) < 4.78 is 5.31. The molecule has 1 saturated heterocycles.